The highest BCUT2D eigenvalue weighted by atomic mass is 32.1. The number of pyridine rings is 2. The Kier molecular flexibility index (Phi) is 6.13. The summed E-state index contributed by atoms with van der Waals surface area (Å²) in [7, 11) is 0. The molecule has 0 aliphatic heterocycles. The van der Waals surface area contributed by atoms with Crippen LogP contribution in [0.3, 0.4) is 0 Å². The average molecular weight is 412 g/mol. The van der Waals surface area contributed by atoms with E-state index in [1.165, 1.54) is 17.6 Å². The summed E-state index contributed by atoms with van der Waals surface area (Å²) in [5.41, 5.74) is 1.31. The van der Waals surface area contributed by atoms with Crippen molar-refractivity contribution in [1.82, 2.24) is 13.9 Å². The molecule has 0 aliphatic rings. The Morgan fingerprint density at radius 2 is 1.93 bits per heavy atom. The summed E-state index contributed by atoms with van der Waals surface area (Å²) in [6.07, 6.45) is 3.31. The standard InChI is InChI=1S/C14H12N2OS.C6H5NO2S/c1-10(11-6-3-2-4-7-11)16-14(17)12-8-5-9-15-13(12)18-16;8-6(9)4-2-1-3-7-5(4)10/h2-10H,1H3;1-3H,(H,7,10)(H,8,9)/t10-;/m1./s1. The van der Waals surface area contributed by atoms with Gasteiger partial charge < -0.3 is 10.1 Å². The Morgan fingerprint density at radius 1 is 1.18 bits per heavy atom. The highest BCUT2D eigenvalue weighted by Gasteiger charge is 2.14. The monoisotopic (exact) mass is 411 g/mol. The van der Waals surface area contributed by atoms with Gasteiger partial charge in [0.2, 0.25) is 0 Å². The Hall–Kier alpha value is -3.10. The number of aromatic amines is 1. The smallest absolute Gasteiger partial charge is 0.338 e. The van der Waals surface area contributed by atoms with Gasteiger partial charge in [-0.3, -0.25) is 8.75 Å². The molecular weight excluding hydrogens is 394 g/mol. The maximum Gasteiger partial charge on any atom is 0.338 e. The predicted molar refractivity (Wildman–Crippen MR) is 113 cm³/mol. The first-order valence-corrected chi connectivity index (χ1v) is 9.59. The van der Waals surface area contributed by atoms with Crippen LogP contribution in [0.25, 0.3) is 10.2 Å². The molecule has 0 amide bonds. The minimum absolute atomic E-state index is 0.0397. The van der Waals surface area contributed by atoms with Crippen molar-refractivity contribution in [2.75, 3.05) is 0 Å². The number of fused-ring (bicyclic) bond motifs is 1. The predicted octanol–water partition coefficient (Wildman–Crippen LogP) is 4.51. The third kappa shape index (κ3) is 4.24. The molecule has 4 rings (SSSR count). The van der Waals surface area contributed by atoms with Crippen molar-refractivity contribution in [1.29, 1.82) is 0 Å². The van der Waals surface area contributed by atoms with E-state index < -0.39 is 5.97 Å². The number of nitrogens with one attached hydrogen (secondary N) is 1. The maximum atomic E-state index is 12.3. The molecule has 0 aliphatic carbocycles. The van der Waals surface area contributed by atoms with Gasteiger partial charge in [0.25, 0.3) is 5.56 Å². The Labute approximate surface area is 169 Å². The molecule has 6 nitrogen and oxygen atoms in total. The molecular formula is C20H17N3O3S2. The van der Waals surface area contributed by atoms with Crippen LogP contribution in [0.2, 0.25) is 0 Å². The molecule has 0 unspecified atom stereocenters. The van der Waals surface area contributed by atoms with Crippen LogP contribution in [0.15, 0.2) is 71.8 Å². The first-order valence-electron chi connectivity index (χ1n) is 8.41. The summed E-state index contributed by atoms with van der Waals surface area (Å²) >= 11 is 6.11. The van der Waals surface area contributed by atoms with Crippen molar-refractivity contribution in [2.45, 2.75) is 13.0 Å². The zero-order valence-corrected chi connectivity index (χ0v) is 16.5. The Morgan fingerprint density at radius 3 is 2.54 bits per heavy atom. The van der Waals surface area contributed by atoms with Crippen LogP contribution >= 0.6 is 23.8 Å². The summed E-state index contributed by atoms with van der Waals surface area (Å²) in [4.78, 5) is 30.3. The van der Waals surface area contributed by atoms with Gasteiger partial charge in [-0.25, -0.2) is 9.78 Å². The topological polar surface area (TPSA) is 88.0 Å². The third-order valence-corrected chi connectivity index (χ3v) is 5.58. The van der Waals surface area contributed by atoms with Crippen molar-refractivity contribution in [3.8, 4) is 0 Å². The SMILES string of the molecule is C[C@H](c1ccccc1)n1sc2ncccc2c1=O.O=C(O)c1ccc[nH]c1=S. The zero-order chi connectivity index (χ0) is 20.1. The molecule has 8 heteroatoms. The number of rotatable bonds is 3. The highest BCUT2D eigenvalue weighted by molar-refractivity contribution is 7.71. The average Bonchev–Trinajstić information content (AvgIpc) is 3.05. The number of carboxylic acids is 1. The molecule has 0 fully saturated rings. The normalized spacial score (nSPS) is 11.5. The minimum Gasteiger partial charge on any atom is -0.478 e. The number of nitrogens with zero attached hydrogens (tertiary/aromatic N) is 2. The lowest BCUT2D eigenvalue weighted by Gasteiger charge is -2.11. The molecule has 0 saturated carbocycles. The molecule has 1 aromatic carbocycles. The molecule has 1 atom stereocenters. The van der Waals surface area contributed by atoms with E-state index in [0.717, 1.165) is 10.4 Å². The van der Waals surface area contributed by atoms with Crippen LogP contribution in [0.1, 0.15) is 28.9 Å². The quantitative estimate of drug-likeness (QED) is 0.484. The van der Waals surface area contributed by atoms with E-state index in [1.807, 2.05) is 43.3 Å². The van der Waals surface area contributed by atoms with Gasteiger partial charge in [0, 0.05) is 12.4 Å². The number of hydrogen-bond acceptors (Lipinski definition) is 5. The number of benzene rings is 1. The van der Waals surface area contributed by atoms with E-state index in [4.69, 9.17) is 17.3 Å². The largest absolute Gasteiger partial charge is 0.478 e. The zero-order valence-electron chi connectivity index (χ0n) is 14.9. The number of H-pyrrole nitrogens is 1. The summed E-state index contributed by atoms with van der Waals surface area (Å²) in [5, 5.41) is 9.18. The van der Waals surface area contributed by atoms with Gasteiger partial charge in [0.05, 0.1) is 17.0 Å². The fraction of sp³-hybridized carbons (Fsp3) is 0.100. The molecule has 3 heterocycles. The van der Waals surface area contributed by atoms with Crippen LogP contribution in [-0.2, 0) is 0 Å². The fourth-order valence-electron chi connectivity index (χ4n) is 2.59. The summed E-state index contributed by atoms with van der Waals surface area (Å²) in [6.45, 7) is 2.03. The molecule has 0 radical (unpaired) electrons. The molecule has 0 saturated heterocycles. The third-order valence-electron chi connectivity index (χ3n) is 4.07. The van der Waals surface area contributed by atoms with Gasteiger partial charge in [-0.05, 0) is 48.3 Å². The Bertz CT molecular complexity index is 1210. The molecule has 142 valence electrons. The van der Waals surface area contributed by atoms with E-state index in [-0.39, 0.29) is 21.8 Å². The van der Waals surface area contributed by atoms with E-state index in [2.05, 4.69) is 9.97 Å². The van der Waals surface area contributed by atoms with Crippen LogP contribution < -0.4 is 5.56 Å². The van der Waals surface area contributed by atoms with Gasteiger partial charge in [-0.1, -0.05) is 42.5 Å². The second kappa shape index (κ2) is 8.73. The van der Waals surface area contributed by atoms with Crippen LogP contribution in [-0.4, -0.2) is 25.0 Å². The molecule has 0 spiro atoms. The van der Waals surface area contributed by atoms with Gasteiger partial charge in [-0.15, -0.1) is 0 Å². The van der Waals surface area contributed by atoms with E-state index in [9.17, 15) is 9.59 Å². The minimum atomic E-state index is -0.998. The van der Waals surface area contributed by atoms with E-state index >= 15 is 0 Å². The number of hydrogen-bond donors (Lipinski definition) is 2. The molecule has 3 aromatic heterocycles. The van der Waals surface area contributed by atoms with Gasteiger partial charge in [0.1, 0.15) is 9.47 Å². The van der Waals surface area contributed by atoms with Gasteiger partial charge in [-0.2, -0.15) is 0 Å². The lowest BCUT2D eigenvalue weighted by atomic mass is 10.1. The lowest BCUT2D eigenvalue weighted by Crippen LogP contribution is -2.17. The van der Waals surface area contributed by atoms with Crippen LogP contribution in [0.4, 0.5) is 0 Å². The number of aromatic nitrogens is 3. The second-order valence-electron chi connectivity index (χ2n) is 5.88. The number of aromatic carboxylic acids is 1. The lowest BCUT2D eigenvalue weighted by molar-refractivity contribution is 0.0696. The van der Waals surface area contributed by atoms with Crippen molar-refractivity contribution in [2.24, 2.45) is 0 Å². The maximum absolute atomic E-state index is 12.3. The summed E-state index contributed by atoms with van der Waals surface area (Å²) < 4.78 is 2.04. The molecule has 2 N–H and O–H groups in total. The van der Waals surface area contributed by atoms with Crippen molar-refractivity contribution in [3.63, 3.8) is 0 Å². The van der Waals surface area contributed by atoms with E-state index in [1.54, 1.807) is 28.5 Å². The van der Waals surface area contributed by atoms with Crippen LogP contribution in [0.5, 0.6) is 0 Å². The second-order valence-corrected chi connectivity index (χ2v) is 7.25. The summed E-state index contributed by atoms with van der Waals surface area (Å²) in [6, 6.07) is 16.8. The molecule has 4 aromatic rings. The van der Waals surface area contributed by atoms with Crippen molar-refractivity contribution in [3.05, 3.63) is 93.1 Å². The first kappa shape index (κ1) is 19.7. The number of carbonyl (C=O) groups is 1. The van der Waals surface area contributed by atoms with Crippen molar-refractivity contribution >= 4 is 39.9 Å². The van der Waals surface area contributed by atoms with Gasteiger partial charge >= 0.3 is 5.97 Å². The van der Waals surface area contributed by atoms with Crippen LogP contribution in [0, 0.1) is 4.64 Å². The molecule has 0 bridgehead atoms. The fourth-order valence-corrected chi connectivity index (χ4v) is 3.82. The number of carboxylic acid groups (broad SMARTS) is 1. The Balaban J connectivity index is 0.000000192. The highest BCUT2D eigenvalue weighted by Crippen LogP contribution is 2.22. The molecule has 28 heavy (non-hydrogen) atoms. The summed E-state index contributed by atoms with van der Waals surface area (Å²) in [5.74, 6) is -0.998. The van der Waals surface area contributed by atoms with E-state index in [0.29, 0.717) is 5.39 Å². The van der Waals surface area contributed by atoms with Gasteiger partial charge in [0.15, 0.2) is 0 Å². The van der Waals surface area contributed by atoms with Crippen molar-refractivity contribution < 1.29 is 9.90 Å². The first-order chi connectivity index (χ1) is 13.5.